The van der Waals surface area contributed by atoms with Crippen molar-refractivity contribution in [3.05, 3.63) is 47.4 Å². The van der Waals surface area contributed by atoms with E-state index >= 15 is 0 Å². The molecule has 2 heterocycles. The Morgan fingerprint density at radius 3 is 2.07 bits per heavy atom. The van der Waals surface area contributed by atoms with Crippen molar-refractivity contribution in [1.82, 2.24) is 14.9 Å². The van der Waals surface area contributed by atoms with Gasteiger partial charge in [0.25, 0.3) is 20.0 Å². The Morgan fingerprint density at radius 2 is 1.57 bits per heavy atom. The summed E-state index contributed by atoms with van der Waals surface area (Å²) in [5, 5.41) is 7.71. The van der Waals surface area contributed by atoms with Gasteiger partial charge in [-0.15, -0.1) is 0 Å². The molecule has 10 nitrogen and oxygen atoms in total. The van der Waals surface area contributed by atoms with Gasteiger partial charge in [-0.2, -0.15) is 5.10 Å². The maximum Gasteiger partial charge on any atom is 0.265 e. The molecule has 28 heavy (non-hydrogen) atoms. The van der Waals surface area contributed by atoms with E-state index in [4.69, 9.17) is 4.52 Å². The summed E-state index contributed by atoms with van der Waals surface area (Å²) in [5.41, 5.74) is 1.73. The average molecular weight is 425 g/mol. The van der Waals surface area contributed by atoms with Crippen molar-refractivity contribution in [2.45, 2.75) is 30.6 Å². The Bertz CT molecular complexity index is 1220. The summed E-state index contributed by atoms with van der Waals surface area (Å²) in [6.45, 7) is 4.96. The molecule has 3 rings (SSSR count). The first kappa shape index (κ1) is 19.9. The summed E-state index contributed by atoms with van der Waals surface area (Å²) < 4.78 is 61.0. The van der Waals surface area contributed by atoms with E-state index in [1.807, 2.05) is 0 Å². The van der Waals surface area contributed by atoms with Gasteiger partial charge in [-0.3, -0.25) is 9.40 Å². The maximum atomic E-state index is 12.5. The van der Waals surface area contributed by atoms with E-state index in [0.29, 0.717) is 17.0 Å². The smallest absolute Gasteiger partial charge is 0.265 e. The maximum absolute atomic E-state index is 12.5. The predicted octanol–water partition coefficient (Wildman–Crippen LogP) is 1.93. The van der Waals surface area contributed by atoms with Gasteiger partial charge in [0.15, 0.2) is 0 Å². The summed E-state index contributed by atoms with van der Waals surface area (Å²) in [4.78, 5) is -0.00834. The zero-order valence-corrected chi connectivity index (χ0v) is 17.2. The predicted molar refractivity (Wildman–Crippen MR) is 102 cm³/mol. The van der Waals surface area contributed by atoms with Gasteiger partial charge in [-0.25, -0.2) is 21.6 Å². The number of benzene rings is 1. The van der Waals surface area contributed by atoms with Crippen LogP contribution in [0.5, 0.6) is 0 Å². The van der Waals surface area contributed by atoms with E-state index in [0.717, 1.165) is 0 Å². The van der Waals surface area contributed by atoms with Crippen LogP contribution in [0.15, 0.2) is 44.8 Å². The van der Waals surface area contributed by atoms with Gasteiger partial charge in [0.2, 0.25) is 5.88 Å². The molecule has 0 saturated carbocycles. The first-order valence-corrected chi connectivity index (χ1v) is 11.0. The van der Waals surface area contributed by atoms with E-state index in [2.05, 4.69) is 19.7 Å². The SMILES string of the molecule is Cc1nn(C)cc1S(=O)(=O)Nc1ccc(S(=O)(=O)Nc2onc(C)c2C)cc1. The second kappa shape index (κ2) is 6.95. The lowest BCUT2D eigenvalue weighted by Crippen LogP contribution is -2.15. The summed E-state index contributed by atoms with van der Waals surface area (Å²) in [6, 6.07) is 5.29. The quantitative estimate of drug-likeness (QED) is 0.616. The van der Waals surface area contributed by atoms with Crippen LogP contribution in [-0.2, 0) is 27.1 Å². The van der Waals surface area contributed by atoms with Gasteiger partial charge in [-0.05, 0) is 45.0 Å². The molecule has 150 valence electrons. The number of nitrogens with zero attached hydrogens (tertiary/aromatic N) is 3. The highest BCUT2D eigenvalue weighted by Gasteiger charge is 2.22. The van der Waals surface area contributed by atoms with Gasteiger partial charge in [-0.1, -0.05) is 5.16 Å². The van der Waals surface area contributed by atoms with Gasteiger partial charge in [0.05, 0.1) is 16.3 Å². The number of aromatic nitrogens is 3. The molecule has 2 aromatic heterocycles. The van der Waals surface area contributed by atoms with Crippen LogP contribution in [-0.4, -0.2) is 31.8 Å². The Balaban J connectivity index is 1.81. The highest BCUT2D eigenvalue weighted by molar-refractivity contribution is 7.93. The van der Waals surface area contributed by atoms with E-state index in [1.54, 1.807) is 27.8 Å². The molecule has 0 spiro atoms. The normalized spacial score (nSPS) is 12.1. The van der Waals surface area contributed by atoms with Crippen LogP contribution in [0.1, 0.15) is 17.0 Å². The van der Waals surface area contributed by atoms with Crippen LogP contribution in [0.3, 0.4) is 0 Å². The molecule has 2 N–H and O–H groups in total. The number of hydrogen-bond donors (Lipinski definition) is 2. The van der Waals surface area contributed by atoms with Gasteiger partial charge >= 0.3 is 0 Å². The second-order valence-corrected chi connectivity index (χ2v) is 9.54. The molecule has 1 aromatic carbocycles. The summed E-state index contributed by atoms with van der Waals surface area (Å²) in [5.74, 6) is 0.0364. The van der Waals surface area contributed by atoms with Crippen molar-refractivity contribution in [2.75, 3.05) is 9.44 Å². The van der Waals surface area contributed by atoms with Crippen molar-refractivity contribution < 1.29 is 21.4 Å². The van der Waals surface area contributed by atoms with Crippen LogP contribution in [0.25, 0.3) is 0 Å². The third-order valence-electron chi connectivity index (χ3n) is 4.06. The van der Waals surface area contributed by atoms with E-state index in [1.165, 1.54) is 35.1 Å². The Hall–Kier alpha value is -2.86. The molecule has 0 bridgehead atoms. The number of sulfonamides is 2. The largest absolute Gasteiger partial charge is 0.337 e. The number of hydrogen-bond acceptors (Lipinski definition) is 7. The average Bonchev–Trinajstić information content (AvgIpc) is 3.11. The van der Waals surface area contributed by atoms with E-state index in [9.17, 15) is 16.8 Å². The van der Waals surface area contributed by atoms with Gasteiger partial charge in [0.1, 0.15) is 4.90 Å². The molecule has 0 amide bonds. The second-order valence-electron chi connectivity index (χ2n) is 6.21. The third-order valence-corrected chi connectivity index (χ3v) is 6.89. The lowest BCUT2D eigenvalue weighted by molar-refractivity contribution is 0.430. The minimum absolute atomic E-state index is 0.0364. The standard InChI is InChI=1S/C16H19N5O5S2/c1-10-11(2)18-26-16(10)20-27(22,23)14-7-5-13(6-8-14)19-28(24,25)15-9-21(4)17-12(15)3/h5-9,19-20H,1-4H3. The molecule has 12 heteroatoms. The molecule has 3 aromatic rings. The molecular weight excluding hydrogens is 406 g/mol. The van der Waals surface area contributed by atoms with E-state index < -0.39 is 20.0 Å². The molecule has 0 aliphatic rings. The number of aryl methyl sites for hydroxylation is 3. The van der Waals surface area contributed by atoms with Gasteiger partial charge in [0, 0.05) is 24.5 Å². The monoisotopic (exact) mass is 425 g/mol. The summed E-state index contributed by atoms with van der Waals surface area (Å²) >= 11 is 0. The van der Waals surface area contributed by atoms with Crippen molar-refractivity contribution in [3.63, 3.8) is 0 Å². The lowest BCUT2D eigenvalue weighted by Gasteiger charge is -2.09. The van der Waals surface area contributed by atoms with Crippen LogP contribution in [0.2, 0.25) is 0 Å². The minimum Gasteiger partial charge on any atom is -0.337 e. The van der Waals surface area contributed by atoms with Crippen molar-refractivity contribution >= 4 is 31.6 Å². The molecule has 0 aliphatic heterocycles. The van der Waals surface area contributed by atoms with Gasteiger partial charge < -0.3 is 4.52 Å². The number of nitrogens with one attached hydrogen (secondary N) is 2. The lowest BCUT2D eigenvalue weighted by atomic mass is 10.3. The first-order valence-electron chi connectivity index (χ1n) is 8.08. The number of rotatable bonds is 6. The Labute approximate surface area is 162 Å². The fourth-order valence-corrected chi connectivity index (χ4v) is 4.77. The first-order chi connectivity index (χ1) is 13.0. The molecule has 0 saturated heterocycles. The highest BCUT2D eigenvalue weighted by Crippen LogP contribution is 2.24. The topological polar surface area (TPSA) is 136 Å². The van der Waals surface area contributed by atoms with Crippen LogP contribution >= 0.6 is 0 Å². The fourth-order valence-electron chi connectivity index (χ4n) is 2.45. The minimum atomic E-state index is -3.91. The molecule has 0 unspecified atom stereocenters. The molecule has 0 fully saturated rings. The zero-order chi connectivity index (χ0) is 20.7. The van der Waals surface area contributed by atoms with Crippen molar-refractivity contribution in [1.29, 1.82) is 0 Å². The fraction of sp³-hybridized carbons (Fsp3) is 0.250. The van der Waals surface area contributed by atoms with Crippen LogP contribution < -0.4 is 9.44 Å². The summed E-state index contributed by atoms with van der Waals surface area (Å²) in [7, 11) is -6.14. The van der Waals surface area contributed by atoms with Crippen molar-refractivity contribution in [3.8, 4) is 0 Å². The molecule has 0 atom stereocenters. The molecular formula is C16H19N5O5S2. The van der Waals surface area contributed by atoms with Crippen LogP contribution in [0.4, 0.5) is 11.6 Å². The van der Waals surface area contributed by atoms with E-state index in [-0.39, 0.29) is 21.4 Å². The number of anilines is 2. The molecule has 0 radical (unpaired) electrons. The molecule has 0 aliphatic carbocycles. The summed E-state index contributed by atoms with van der Waals surface area (Å²) in [6.07, 6.45) is 1.39. The highest BCUT2D eigenvalue weighted by atomic mass is 32.2. The van der Waals surface area contributed by atoms with Crippen LogP contribution in [0, 0.1) is 20.8 Å². The van der Waals surface area contributed by atoms with Crippen molar-refractivity contribution in [2.24, 2.45) is 7.05 Å². The Kier molecular flexibility index (Phi) is 4.93. The zero-order valence-electron chi connectivity index (χ0n) is 15.6. The Morgan fingerprint density at radius 1 is 0.929 bits per heavy atom. The third kappa shape index (κ3) is 3.87.